The quantitative estimate of drug-likeness (QED) is 0.523. The van der Waals surface area contributed by atoms with Gasteiger partial charge in [-0.25, -0.2) is 0 Å². The van der Waals surface area contributed by atoms with Crippen molar-refractivity contribution in [2.75, 3.05) is 13.1 Å². The Hall–Kier alpha value is -0.500. The highest BCUT2D eigenvalue weighted by Crippen LogP contribution is 2.13. The summed E-state index contributed by atoms with van der Waals surface area (Å²) in [6.07, 6.45) is 2.69. The molecule has 0 N–H and O–H groups in total. The van der Waals surface area contributed by atoms with Crippen LogP contribution in [0, 0.1) is 0 Å². The fourth-order valence-corrected chi connectivity index (χ4v) is 1.08. The Labute approximate surface area is 65.5 Å². The fourth-order valence-electron chi connectivity index (χ4n) is 0.930. The first kappa shape index (κ1) is 7.61. The number of amides is 1. The number of hydrogen-bond acceptors (Lipinski definition) is 1. The van der Waals surface area contributed by atoms with Crippen molar-refractivity contribution >= 4 is 17.5 Å². The molecule has 0 aromatic heterocycles. The second kappa shape index (κ2) is 3.06. The van der Waals surface area contributed by atoms with Crippen LogP contribution in [0.3, 0.4) is 0 Å². The predicted octanol–water partition coefficient (Wildman–Crippen LogP) is 1.36. The van der Waals surface area contributed by atoms with Gasteiger partial charge in [0.2, 0.25) is 5.91 Å². The molecule has 1 rings (SSSR count). The first-order chi connectivity index (χ1) is 4.70. The van der Waals surface area contributed by atoms with Crippen LogP contribution in [0.1, 0.15) is 13.3 Å². The maximum absolute atomic E-state index is 10.8. The Bertz CT molecular complexity index is 176. The number of rotatable bonds is 0. The topological polar surface area (TPSA) is 20.3 Å². The summed E-state index contributed by atoms with van der Waals surface area (Å²) in [7, 11) is 0. The Kier molecular flexibility index (Phi) is 2.33. The lowest BCUT2D eigenvalue weighted by molar-refractivity contribution is -0.128. The van der Waals surface area contributed by atoms with Crippen molar-refractivity contribution in [3.63, 3.8) is 0 Å². The minimum atomic E-state index is 0.125. The Balaban J connectivity index is 2.50. The van der Waals surface area contributed by atoms with Gasteiger partial charge >= 0.3 is 0 Å². The Morgan fingerprint density at radius 2 is 2.50 bits per heavy atom. The maximum atomic E-state index is 10.8. The average molecular weight is 160 g/mol. The predicted molar refractivity (Wildman–Crippen MR) is 40.8 cm³/mol. The van der Waals surface area contributed by atoms with E-state index in [4.69, 9.17) is 11.6 Å². The van der Waals surface area contributed by atoms with Crippen molar-refractivity contribution in [1.82, 2.24) is 4.90 Å². The van der Waals surface area contributed by atoms with Crippen LogP contribution < -0.4 is 0 Å². The lowest BCUT2D eigenvalue weighted by Crippen LogP contribution is -2.32. The third-order valence-corrected chi connectivity index (χ3v) is 1.94. The third-order valence-electron chi connectivity index (χ3n) is 1.60. The number of carbonyl (C=O) groups excluding carboxylic acids is 1. The molecule has 0 saturated carbocycles. The maximum Gasteiger partial charge on any atom is 0.219 e. The highest BCUT2D eigenvalue weighted by molar-refractivity contribution is 6.29. The zero-order valence-corrected chi connectivity index (χ0v) is 6.69. The molecule has 0 spiro atoms. The summed E-state index contributed by atoms with van der Waals surface area (Å²) in [6, 6.07) is 0. The van der Waals surface area contributed by atoms with Crippen LogP contribution in [0.2, 0.25) is 0 Å². The van der Waals surface area contributed by atoms with Crippen molar-refractivity contribution in [3.8, 4) is 0 Å². The molecular formula is C7H10ClNO. The summed E-state index contributed by atoms with van der Waals surface area (Å²) < 4.78 is 0. The largest absolute Gasteiger partial charge is 0.339 e. The average Bonchev–Trinajstić information content (AvgIpc) is 1.88. The molecular weight excluding hydrogens is 150 g/mol. The van der Waals surface area contributed by atoms with Gasteiger partial charge in [0.1, 0.15) is 0 Å². The monoisotopic (exact) mass is 159 g/mol. The van der Waals surface area contributed by atoms with Gasteiger partial charge in [0, 0.05) is 31.5 Å². The van der Waals surface area contributed by atoms with E-state index in [1.54, 1.807) is 11.8 Å². The molecule has 1 aliphatic rings. The van der Waals surface area contributed by atoms with E-state index < -0.39 is 0 Å². The summed E-state index contributed by atoms with van der Waals surface area (Å²) in [6.45, 7) is 3.02. The van der Waals surface area contributed by atoms with Gasteiger partial charge in [-0.2, -0.15) is 0 Å². The van der Waals surface area contributed by atoms with Crippen LogP contribution >= 0.6 is 11.6 Å². The highest BCUT2D eigenvalue weighted by Gasteiger charge is 2.11. The highest BCUT2D eigenvalue weighted by atomic mass is 35.5. The molecule has 2 nitrogen and oxygen atoms in total. The van der Waals surface area contributed by atoms with Gasteiger partial charge in [-0.15, -0.1) is 0 Å². The Morgan fingerprint density at radius 3 is 2.90 bits per heavy atom. The molecule has 0 aromatic rings. The lowest BCUT2D eigenvalue weighted by atomic mass is 10.2. The van der Waals surface area contributed by atoms with Gasteiger partial charge in [0.15, 0.2) is 0 Å². The van der Waals surface area contributed by atoms with Gasteiger partial charge in [-0.1, -0.05) is 17.7 Å². The van der Waals surface area contributed by atoms with Crippen molar-refractivity contribution in [3.05, 3.63) is 11.1 Å². The minimum absolute atomic E-state index is 0.125. The standard InChI is InChI=1S/C7H10ClNO/c1-6(10)9-4-2-7(8)3-5-9/h2H,3-5H2,1H3. The molecule has 0 atom stereocenters. The van der Waals surface area contributed by atoms with Crippen LogP contribution in [-0.2, 0) is 4.79 Å². The van der Waals surface area contributed by atoms with Crippen LogP contribution in [0.15, 0.2) is 11.1 Å². The third kappa shape index (κ3) is 1.74. The van der Waals surface area contributed by atoms with Gasteiger partial charge in [-0.3, -0.25) is 4.79 Å². The molecule has 1 amide bonds. The Morgan fingerprint density at radius 1 is 1.80 bits per heavy atom. The lowest BCUT2D eigenvalue weighted by Gasteiger charge is -2.22. The van der Waals surface area contributed by atoms with Gasteiger partial charge in [-0.05, 0) is 0 Å². The zero-order chi connectivity index (χ0) is 7.56. The number of nitrogens with zero attached hydrogens (tertiary/aromatic N) is 1. The molecule has 0 aromatic carbocycles. The molecule has 0 radical (unpaired) electrons. The van der Waals surface area contributed by atoms with E-state index in [1.807, 2.05) is 6.08 Å². The molecule has 3 heteroatoms. The number of hydrogen-bond donors (Lipinski definition) is 0. The van der Waals surface area contributed by atoms with E-state index in [1.165, 1.54) is 0 Å². The molecule has 1 heterocycles. The van der Waals surface area contributed by atoms with Crippen LogP contribution in [0.4, 0.5) is 0 Å². The van der Waals surface area contributed by atoms with E-state index >= 15 is 0 Å². The molecule has 0 saturated heterocycles. The minimum Gasteiger partial charge on any atom is -0.339 e. The van der Waals surface area contributed by atoms with Gasteiger partial charge < -0.3 is 4.90 Å². The van der Waals surface area contributed by atoms with E-state index in [-0.39, 0.29) is 5.91 Å². The normalized spacial score (nSPS) is 18.6. The van der Waals surface area contributed by atoms with Crippen LogP contribution in [0.5, 0.6) is 0 Å². The summed E-state index contributed by atoms with van der Waals surface area (Å²) in [5.74, 6) is 0.125. The van der Waals surface area contributed by atoms with Gasteiger partial charge in [0.05, 0.1) is 0 Å². The molecule has 10 heavy (non-hydrogen) atoms. The molecule has 1 aliphatic heterocycles. The number of halogens is 1. The summed E-state index contributed by atoms with van der Waals surface area (Å²) in [4.78, 5) is 12.5. The summed E-state index contributed by atoms with van der Waals surface area (Å²) >= 11 is 5.71. The van der Waals surface area contributed by atoms with Crippen LogP contribution in [0.25, 0.3) is 0 Å². The molecule has 0 fully saturated rings. The fraction of sp³-hybridized carbons (Fsp3) is 0.571. The van der Waals surface area contributed by atoms with Crippen molar-refractivity contribution < 1.29 is 4.79 Å². The van der Waals surface area contributed by atoms with Crippen molar-refractivity contribution in [2.45, 2.75) is 13.3 Å². The van der Waals surface area contributed by atoms with E-state index in [0.29, 0.717) is 6.54 Å². The second-order valence-electron chi connectivity index (χ2n) is 2.37. The molecule has 0 aliphatic carbocycles. The zero-order valence-electron chi connectivity index (χ0n) is 5.93. The van der Waals surface area contributed by atoms with E-state index in [9.17, 15) is 4.79 Å². The van der Waals surface area contributed by atoms with E-state index in [0.717, 1.165) is 18.0 Å². The van der Waals surface area contributed by atoms with Crippen molar-refractivity contribution in [1.29, 1.82) is 0 Å². The first-order valence-electron chi connectivity index (χ1n) is 3.30. The van der Waals surface area contributed by atoms with Gasteiger partial charge in [0.25, 0.3) is 0 Å². The smallest absolute Gasteiger partial charge is 0.219 e. The molecule has 0 unspecified atom stereocenters. The number of carbonyl (C=O) groups is 1. The SMILES string of the molecule is CC(=O)N1CC=C(Cl)CC1. The van der Waals surface area contributed by atoms with E-state index in [2.05, 4.69) is 0 Å². The molecule has 56 valence electrons. The van der Waals surface area contributed by atoms with Crippen molar-refractivity contribution in [2.24, 2.45) is 0 Å². The summed E-state index contributed by atoms with van der Waals surface area (Å²) in [5.41, 5.74) is 0. The molecule has 0 bridgehead atoms. The second-order valence-corrected chi connectivity index (χ2v) is 2.85. The van der Waals surface area contributed by atoms with Crippen LogP contribution in [-0.4, -0.2) is 23.9 Å². The summed E-state index contributed by atoms with van der Waals surface area (Å²) in [5, 5.41) is 0.873. The first-order valence-corrected chi connectivity index (χ1v) is 3.68.